The van der Waals surface area contributed by atoms with Crippen LogP contribution in [0.1, 0.15) is 6.42 Å². The van der Waals surface area contributed by atoms with Gasteiger partial charge in [0.25, 0.3) is 5.82 Å². The molecule has 1 aliphatic heterocycles. The lowest BCUT2D eigenvalue weighted by atomic mass is 10.3. The lowest BCUT2D eigenvalue weighted by Crippen LogP contribution is -1.69. The molecule has 0 atom stereocenters. The highest BCUT2D eigenvalue weighted by Gasteiger charge is 2.01. The van der Waals surface area contributed by atoms with Gasteiger partial charge in [-0.05, 0) is 0 Å². The second kappa shape index (κ2) is 3.67. The van der Waals surface area contributed by atoms with Gasteiger partial charge in [-0.3, -0.25) is 0 Å². The van der Waals surface area contributed by atoms with Gasteiger partial charge in [0.2, 0.25) is 0 Å². The van der Waals surface area contributed by atoms with Crippen LogP contribution in [-0.2, 0) is 0 Å². The first-order valence-corrected chi connectivity index (χ1v) is 3.14. The normalized spacial score (nSPS) is 13.8. The molecule has 0 bridgehead atoms. The summed E-state index contributed by atoms with van der Waals surface area (Å²) in [6.45, 7) is 3.59. The molecule has 0 spiro atoms. The molecule has 10 heavy (non-hydrogen) atoms. The molecule has 2 heteroatoms. The second-order valence-electron chi connectivity index (χ2n) is 1.84. The van der Waals surface area contributed by atoms with E-state index in [1.165, 1.54) is 0 Å². The topological polar surface area (TPSA) is 24.7 Å². The molecular weight excluding hydrogens is 124 g/mol. The van der Waals surface area contributed by atoms with E-state index in [2.05, 4.69) is 16.6 Å². The number of hydrogen-bond donors (Lipinski definition) is 0. The van der Waals surface area contributed by atoms with Crippen molar-refractivity contribution in [1.82, 2.24) is 0 Å². The van der Waals surface area contributed by atoms with Crippen LogP contribution >= 0.6 is 0 Å². The average Bonchev–Trinajstić information content (AvgIpc) is 2.41. The summed E-state index contributed by atoms with van der Waals surface area (Å²) in [6, 6.07) is 0. The summed E-state index contributed by atoms with van der Waals surface area (Å²) in [7, 11) is 0. The van der Waals surface area contributed by atoms with Gasteiger partial charge >= 0.3 is 0 Å². The minimum Gasteiger partial charge on any atom is -0.139 e. The fraction of sp³-hybridized carbons (Fsp3) is 0.125. The van der Waals surface area contributed by atoms with Crippen LogP contribution in [0, 0.1) is 6.42 Å². The van der Waals surface area contributed by atoms with E-state index in [0.717, 1.165) is 12.2 Å². The van der Waals surface area contributed by atoms with Crippen molar-refractivity contribution in [2.75, 3.05) is 0 Å². The third kappa shape index (κ3) is 1.90. The first kappa shape index (κ1) is 6.81. The van der Waals surface area contributed by atoms with Crippen LogP contribution in [0.25, 0.3) is 0 Å². The molecule has 0 aromatic carbocycles. The van der Waals surface area contributed by atoms with Crippen molar-refractivity contribution in [2.24, 2.45) is 9.98 Å². The monoisotopic (exact) mass is 133 g/mol. The van der Waals surface area contributed by atoms with E-state index in [-0.39, 0.29) is 0 Å². The SMILES string of the molecule is C=CC[CH+]C=C1N=CC=N1. The lowest BCUT2D eigenvalue weighted by molar-refractivity contribution is 1.22. The highest BCUT2D eigenvalue weighted by atomic mass is 15.0. The van der Waals surface area contributed by atoms with E-state index in [1.54, 1.807) is 12.4 Å². The predicted molar refractivity (Wildman–Crippen MR) is 44.2 cm³/mol. The number of allylic oxidation sites excluding steroid dienone is 2. The third-order valence-corrected chi connectivity index (χ3v) is 1.05. The van der Waals surface area contributed by atoms with Crippen LogP contribution in [0.4, 0.5) is 0 Å². The van der Waals surface area contributed by atoms with Gasteiger partial charge in [-0.2, -0.15) is 0 Å². The van der Waals surface area contributed by atoms with E-state index >= 15 is 0 Å². The van der Waals surface area contributed by atoms with Crippen molar-refractivity contribution in [3.05, 3.63) is 31.0 Å². The Hall–Kier alpha value is -1.31. The first-order chi connectivity index (χ1) is 4.93. The summed E-state index contributed by atoms with van der Waals surface area (Å²) in [5.74, 6) is 0.766. The van der Waals surface area contributed by atoms with Crippen LogP contribution in [0.15, 0.2) is 34.5 Å². The van der Waals surface area contributed by atoms with Gasteiger partial charge in [-0.15, -0.1) is 16.6 Å². The summed E-state index contributed by atoms with van der Waals surface area (Å²) in [5, 5.41) is 0. The zero-order valence-corrected chi connectivity index (χ0v) is 5.70. The molecule has 1 rings (SSSR count). The molecule has 0 saturated carbocycles. The van der Waals surface area contributed by atoms with Crippen LogP contribution in [0.5, 0.6) is 0 Å². The van der Waals surface area contributed by atoms with Crippen molar-refractivity contribution in [1.29, 1.82) is 0 Å². The molecule has 50 valence electrons. The number of unbranched alkanes of at least 4 members (excludes halogenated alkanes) is 1. The highest BCUT2D eigenvalue weighted by molar-refractivity contribution is 6.18. The van der Waals surface area contributed by atoms with Gasteiger partial charge in [-0.1, -0.05) is 6.08 Å². The molecule has 0 N–H and O–H groups in total. The maximum absolute atomic E-state index is 3.96. The van der Waals surface area contributed by atoms with Crippen molar-refractivity contribution in [2.45, 2.75) is 6.42 Å². The summed E-state index contributed by atoms with van der Waals surface area (Å²) in [5.41, 5.74) is 0. The maximum atomic E-state index is 3.96. The molecule has 2 nitrogen and oxygen atoms in total. The summed E-state index contributed by atoms with van der Waals surface area (Å²) in [6.07, 6.45) is 9.90. The van der Waals surface area contributed by atoms with Crippen LogP contribution in [0.2, 0.25) is 0 Å². The molecule has 0 radical (unpaired) electrons. The third-order valence-electron chi connectivity index (χ3n) is 1.05. The van der Waals surface area contributed by atoms with E-state index < -0.39 is 0 Å². The number of rotatable bonds is 3. The van der Waals surface area contributed by atoms with Gasteiger partial charge in [-0.25, -0.2) is 0 Å². The van der Waals surface area contributed by atoms with Gasteiger partial charge in [0, 0.05) is 6.42 Å². The Balaban J connectivity index is 2.33. The molecule has 1 heterocycles. The molecule has 0 fully saturated rings. The van der Waals surface area contributed by atoms with Crippen LogP contribution in [-0.4, -0.2) is 12.4 Å². The summed E-state index contributed by atoms with van der Waals surface area (Å²) >= 11 is 0. The fourth-order valence-electron chi connectivity index (χ4n) is 0.608. The van der Waals surface area contributed by atoms with Crippen LogP contribution in [0.3, 0.4) is 0 Å². The highest BCUT2D eigenvalue weighted by Crippen LogP contribution is 2.03. The van der Waals surface area contributed by atoms with Crippen molar-refractivity contribution in [3.63, 3.8) is 0 Å². The molecule has 0 aliphatic carbocycles. The van der Waals surface area contributed by atoms with Crippen LogP contribution < -0.4 is 0 Å². The van der Waals surface area contributed by atoms with Gasteiger partial charge < -0.3 is 0 Å². The largest absolute Gasteiger partial charge is 0.291 e. The molecule has 0 aromatic rings. The van der Waals surface area contributed by atoms with E-state index in [4.69, 9.17) is 0 Å². The maximum Gasteiger partial charge on any atom is 0.291 e. The van der Waals surface area contributed by atoms with Gasteiger partial charge in [0.05, 0.1) is 18.9 Å². The summed E-state index contributed by atoms with van der Waals surface area (Å²) in [4.78, 5) is 7.91. The number of nitrogens with zero attached hydrogens (tertiary/aromatic N) is 2. The lowest BCUT2D eigenvalue weighted by Gasteiger charge is -1.75. The Morgan fingerprint density at radius 1 is 1.50 bits per heavy atom. The minimum atomic E-state index is 0.766. The quantitative estimate of drug-likeness (QED) is 0.318. The van der Waals surface area contributed by atoms with E-state index in [0.29, 0.717) is 0 Å². The first-order valence-electron chi connectivity index (χ1n) is 3.14. The zero-order chi connectivity index (χ0) is 7.23. The smallest absolute Gasteiger partial charge is 0.139 e. The van der Waals surface area contributed by atoms with E-state index in [9.17, 15) is 0 Å². The Kier molecular flexibility index (Phi) is 2.49. The van der Waals surface area contributed by atoms with Crippen molar-refractivity contribution in [3.8, 4) is 0 Å². The van der Waals surface area contributed by atoms with Gasteiger partial charge in [0.1, 0.15) is 6.08 Å². The van der Waals surface area contributed by atoms with Crippen molar-refractivity contribution < 1.29 is 0 Å². The number of aliphatic imine (C=N–C) groups is 2. The van der Waals surface area contributed by atoms with Crippen molar-refractivity contribution >= 4 is 12.4 Å². The minimum absolute atomic E-state index is 0.766. The molecule has 0 saturated heterocycles. The Morgan fingerprint density at radius 3 is 2.80 bits per heavy atom. The molecule has 1 aliphatic rings. The Labute approximate surface area is 60.7 Å². The Bertz CT molecular complexity index is 185. The Morgan fingerprint density at radius 2 is 2.20 bits per heavy atom. The zero-order valence-electron chi connectivity index (χ0n) is 5.70. The molecule has 0 unspecified atom stereocenters. The summed E-state index contributed by atoms with van der Waals surface area (Å²) < 4.78 is 0. The average molecular weight is 133 g/mol. The molecule has 0 amide bonds. The molecular formula is C8H9N2+. The molecule has 0 aromatic heterocycles. The van der Waals surface area contributed by atoms with Gasteiger partial charge in [0.15, 0.2) is 0 Å². The second-order valence-corrected chi connectivity index (χ2v) is 1.84. The fourth-order valence-corrected chi connectivity index (χ4v) is 0.608. The number of hydrogen-bond acceptors (Lipinski definition) is 2. The van der Waals surface area contributed by atoms with E-state index in [1.807, 2.05) is 18.6 Å². The standard InChI is InChI=1S/C8H9N2/c1-2-3-4-5-8-9-6-7-10-8/h2,4-7H,1,3H2/q+1. The predicted octanol–water partition coefficient (Wildman–Crippen LogP) is 1.76.